The molecule has 2 heterocycles. The highest BCUT2D eigenvalue weighted by Gasteiger charge is 2.07. The number of anilines is 2. The fourth-order valence-corrected chi connectivity index (χ4v) is 3.37. The summed E-state index contributed by atoms with van der Waals surface area (Å²) < 4.78 is 18.3. The Hall–Kier alpha value is -3.04. The van der Waals surface area contributed by atoms with Crippen LogP contribution in [0.15, 0.2) is 77.7 Å². The summed E-state index contributed by atoms with van der Waals surface area (Å²) in [5, 5.41) is 15.3. The third kappa shape index (κ3) is 5.31. The maximum Gasteiger partial charge on any atom is 0.176 e. The summed E-state index contributed by atoms with van der Waals surface area (Å²) in [6, 6.07) is 16.5. The predicted octanol–water partition coefficient (Wildman–Crippen LogP) is 4.89. The van der Waals surface area contributed by atoms with Gasteiger partial charge < -0.3 is 10.6 Å². The van der Waals surface area contributed by atoms with E-state index in [2.05, 4.69) is 36.8 Å². The lowest BCUT2D eigenvalue weighted by Crippen LogP contribution is -2.19. The van der Waals surface area contributed by atoms with Crippen molar-refractivity contribution >= 4 is 44.8 Å². The molecule has 0 bridgehead atoms. The minimum atomic E-state index is -0.250. The summed E-state index contributed by atoms with van der Waals surface area (Å²) in [7, 11) is 0. The predicted molar refractivity (Wildman–Crippen MR) is 123 cm³/mol. The quantitative estimate of drug-likeness (QED) is 0.381. The van der Waals surface area contributed by atoms with Crippen LogP contribution >= 0.6 is 28.1 Å². The molecule has 0 atom stereocenters. The van der Waals surface area contributed by atoms with Crippen molar-refractivity contribution in [1.29, 1.82) is 0 Å². The van der Waals surface area contributed by atoms with E-state index in [0.717, 1.165) is 15.7 Å². The molecule has 0 unspecified atom stereocenters. The summed E-state index contributed by atoms with van der Waals surface area (Å²) in [5.41, 5.74) is 2.50. The van der Waals surface area contributed by atoms with Crippen LogP contribution < -0.4 is 10.6 Å². The number of nitrogens with zero attached hydrogens (tertiary/aromatic N) is 4. The van der Waals surface area contributed by atoms with Gasteiger partial charge in [-0.15, -0.1) is 0 Å². The van der Waals surface area contributed by atoms with E-state index in [9.17, 15) is 4.39 Å². The summed E-state index contributed by atoms with van der Waals surface area (Å²) in [5.74, 6) is 0.325. The van der Waals surface area contributed by atoms with Crippen molar-refractivity contribution < 1.29 is 4.39 Å². The average molecular weight is 485 g/mol. The van der Waals surface area contributed by atoms with Crippen LogP contribution in [0.5, 0.6) is 0 Å². The molecular formula is C21H18BrFN6S. The summed E-state index contributed by atoms with van der Waals surface area (Å²) >= 11 is 8.79. The van der Waals surface area contributed by atoms with E-state index in [1.54, 1.807) is 41.3 Å². The maximum absolute atomic E-state index is 13.8. The number of benzene rings is 2. The number of aromatic nitrogens is 4. The summed E-state index contributed by atoms with van der Waals surface area (Å²) in [4.78, 5) is 0. The van der Waals surface area contributed by atoms with Crippen LogP contribution in [0.1, 0.15) is 11.1 Å². The molecule has 0 spiro atoms. The zero-order chi connectivity index (χ0) is 20.9. The second-order valence-corrected chi connectivity index (χ2v) is 7.95. The highest BCUT2D eigenvalue weighted by Crippen LogP contribution is 2.14. The van der Waals surface area contributed by atoms with Gasteiger partial charge in [-0.1, -0.05) is 46.3 Å². The average Bonchev–Trinajstić information content (AvgIpc) is 3.35. The molecule has 0 fully saturated rings. The first kappa shape index (κ1) is 20.2. The Kier molecular flexibility index (Phi) is 6.20. The van der Waals surface area contributed by atoms with Gasteiger partial charge in [0, 0.05) is 28.5 Å². The van der Waals surface area contributed by atoms with Gasteiger partial charge in [0.2, 0.25) is 0 Å². The standard InChI is InChI=1S/C21H18BrFN6S/c22-17-7-5-15(6-8-17)12-29-14-18(11-24-29)25-21(30)26-20-9-10-28(27-20)13-16-3-1-2-4-19(16)23/h1-11,14H,12-13H2,(H2,25,26,27,30). The van der Waals surface area contributed by atoms with Crippen LogP contribution in [0, 0.1) is 5.82 Å². The monoisotopic (exact) mass is 484 g/mol. The molecular weight excluding hydrogens is 467 g/mol. The lowest BCUT2D eigenvalue weighted by Gasteiger charge is -2.07. The van der Waals surface area contributed by atoms with Gasteiger partial charge in [-0.3, -0.25) is 9.36 Å². The minimum absolute atomic E-state index is 0.250. The number of hydrogen-bond acceptors (Lipinski definition) is 3. The van der Waals surface area contributed by atoms with Crippen molar-refractivity contribution in [3.8, 4) is 0 Å². The molecule has 0 aliphatic rings. The second-order valence-electron chi connectivity index (χ2n) is 6.62. The zero-order valence-corrected chi connectivity index (χ0v) is 18.2. The number of rotatable bonds is 6. The maximum atomic E-state index is 13.8. The van der Waals surface area contributed by atoms with Gasteiger partial charge in [0.25, 0.3) is 0 Å². The number of halogens is 2. The van der Waals surface area contributed by atoms with Gasteiger partial charge in [0.05, 0.1) is 25.0 Å². The van der Waals surface area contributed by atoms with Gasteiger partial charge in [0.15, 0.2) is 10.9 Å². The molecule has 2 aromatic heterocycles. The van der Waals surface area contributed by atoms with E-state index in [4.69, 9.17) is 12.2 Å². The largest absolute Gasteiger partial charge is 0.330 e. The molecule has 0 amide bonds. The molecule has 30 heavy (non-hydrogen) atoms. The molecule has 0 saturated heterocycles. The van der Waals surface area contributed by atoms with E-state index in [1.807, 2.05) is 35.1 Å². The Morgan fingerprint density at radius 1 is 1.00 bits per heavy atom. The number of thiocarbonyl (C=S) groups is 1. The third-order valence-corrected chi connectivity index (χ3v) is 5.05. The number of hydrogen-bond donors (Lipinski definition) is 2. The van der Waals surface area contributed by atoms with Crippen LogP contribution in [0.2, 0.25) is 0 Å². The summed E-state index contributed by atoms with van der Waals surface area (Å²) in [6.07, 6.45) is 5.37. The lowest BCUT2D eigenvalue weighted by atomic mass is 10.2. The van der Waals surface area contributed by atoms with Crippen molar-refractivity contribution in [2.75, 3.05) is 10.6 Å². The Balaban J connectivity index is 1.32. The Morgan fingerprint density at radius 2 is 1.80 bits per heavy atom. The second kappa shape index (κ2) is 9.19. The van der Waals surface area contributed by atoms with Crippen LogP contribution in [-0.4, -0.2) is 24.7 Å². The van der Waals surface area contributed by atoms with Crippen molar-refractivity contribution in [2.24, 2.45) is 0 Å². The fourth-order valence-electron chi connectivity index (χ4n) is 2.89. The molecule has 0 aliphatic carbocycles. The Morgan fingerprint density at radius 3 is 2.60 bits per heavy atom. The molecule has 0 radical (unpaired) electrons. The molecule has 0 aliphatic heterocycles. The Labute approximate surface area is 186 Å². The third-order valence-electron chi connectivity index (χ3n) is 4.32. The molecule has 9 heteroatoms. The minimum Gasteiger partial charge on any atom is -0.330 e. The highest BCUT2D eigenvalue weighted by atomic mass is 79.9. The topological polar surface area (TPSA) is 59.7 Å². The van der Waals surface area contributed by atoms with Gasteiger partial charge in [-0.2, -0.15) is 10.2 Å². The first-order valence-corrected chi connectivity index (χ1v) is 10.4. The SMILES string of the molecule is Fc1ccccc1Cn1ccc(NC(=S)Nc2cnn(Cc3ccc(Br)cc3)c2)n1. The van der Waals surface area contributed by atoms with E-state index < -0.39 is 0 Å². The van der Waals surface area contributed by atoms with Crippen LogP contribution in [0.25, 0.3) is 0 Å². The normalized spacial score (nSPS) is 10.7. The van der Waals surface area contributed by atoms with Crippen molar-refractivity contribution in [3.63, 3.8) is 0 Å². The van der Waals surface area contributed by atoms with Crippen molar-refractivity contribution in [2.45, 2.75) is 13.1 Å². The number of nitrogens with one attached hydrogen (secondary N) is 2. The fraction of sp³-hybridized carbons (Fsp3) is 0.0952. The molecule has 4 rings (SSSR count). The first-order chi connectivity index (χ1) is 14.5. The molecule has 2 aromatic carbocycles. The van der Waals surface area contributed by atoms with Crippen LogP contribution in [0.4, 0.5) is 15.9 Å². The van der Waals surface area contributed by atoms with Gasteiger partial charge >= 0.3 is 0 Å². The van der Waals surface area contributed by atoms with Gasteiger partial charge in [0.1, 0.15) is 5.82 Å². The molecule has 152 valence electrons. The van der Waals surface area contributed by atoms with Crippen molar-refractivity contribution in [3.05, 3.63) is 94.6 Å². The first-order valence-electron chi connectivity index (χ1n) is 9.17. The van der Waals surface area contributed by atoms with E-state index in [1.165, 1.54) is 6.07 Å². The summed E-state index contributed by atoms with van der Waals surface area (Å²) in [6.45, 7) is 1.01. The Bertz CT molecular complexity index is 1150. The molecule has 2 N–H and O–H groups in total. The lowest BCUT2D eigenvalue weighted by molar-refractivity contribution is 0.586. The molecule has 4 aromatic rings. The van der Waals surface area contributed by atoms with Crippen molar-refractivity contribution in [1.82, 2.24) is 19.6 Å². The van der Waals surface area contributed by atoms with Gasteiger partial charge in [-0.05, 0) is 36.0 Å². The highest BCUT2D eigenvalue weighted by molar-refractivity contribution is 9.10. The zero-order valence-electron chi connectivity index (χ0n) is 15.8. The van der Waals surface area contributed by atoms with Gasteiger partial charge in [-0.25, -0.2) is 4.39 Å². The van der Waals surface area contributed by atoms with E-state index >= 15 is 0 Å². The smallest absolute Gasteiger partial charge is 0.176 e. The van der Waals surface area contributed by atoms with Crippen LogP contribution in [0.3, 0.4) is 0 Å². The molecule has 0 saturated carbocycles. The molecule has 6 nitrogen and oxygen atoms in total. The van der Waals surface area contributed by atoms with E-state index in [0.29, 0.717) is 29.6 Å². The van der Waals surface area contributed by atoms with E-state index in [-0.39, 0.29) is 5.82 Å². The van der Waals surface area contributed by atoms with Crippen LogP contribution in [-0.2, 0) is 13.1 Å².